The Kier molecular flexibility index (Phi) is 26.0. The summed E-state index contributed by atoms with van der Waals surface area (Å²) in [7, 11) is 0. The van der Waals surface area contributed by atoms with Crippen LogP contribution in [-0.2, 0) is 9.59 Å². The fraction of sp³-hybridized carbons (Fsp3) is 0.750. The fourth-order valence-corrected chi connectivity index (χ4v) is 2.22. The normalized spacial score (nSPS) is 16.2. The van der Waals surface area contributed by atoms with Gasteiger partial charge in [-0.05, 0) is 36.9 Å². The molecule has 0 radical (unpaired) electrons. The number of amides is 3. The number of imide groups is 1. The Morgan fingerprint density at radius 3 is 2.17 bits per heavy atom. The van der Waals surface area contributed by atoms with Crippen LogP contribution >= 0.6 is 23.5 Å². The molecule has 1 rings (SSSR count). The van der Waals surface area contributed by atoms with Crippen LogP contribution in [0.25, 0.3) is 0 Å². The maximum atomic E-state index is 10.9. The predicted molar refractivity (Wildman–Crippen MR) is 91.2 cm³/mol. The van der Waals surface area contributed by atoms with E-state index >= 15 is 0 Å². The predicted octanol–water partition coefficient (Wildman–Crippen LogP) is -3.43. The average molecular weight is 395 g/mol. The summed E-state index contributed by atoms with van der Waals surface area (Å²) in [6.07, 6.45) is 5.07. The molecular weight excluding hydrogens is 367 g/mol. The monoisotopic (exact) mass is 394 g/mol. The number of thioether (sulfide) groups is 2. The summed E-state index contributed by atoms with van der Waals surface area (Å²) in [5.74, 6) is 0.293. The molecule has 2 atom stereocenters. The summed E-state index contributed by atoms with van der Waals surface area (Å²) >= 11 is 3.24. The van der Waals surface area contributed by atoms with Gasteiger partial charge in [0.2, 0.25) is 0 Å². The number of hydrogen-bond donors (Lipinski definition) is 4. The van der Waals surface area contributed by atoms with Crippen molar-refractivity contribution >= 4 is 41.4 Å². The number of nitrogens with one attached hydrogen (secondary N) is 2. The first-order valence-electron chi connectivity index (χ1n) is 5.98. The van der Waals surface area contributed by atoms with Crippen molar-refractivity contribution in [3.8, 4) is 0 Å². The van der Waals surface area contributed by atoms with Gasteiger partial charge in [0.25, 0.3) is 5.91 Å². The van der Waals surface area contributed by atoms with Crippen molar-refractivity contribution in [1.82, 2.24) is 16.8 Å². The van der Waals surface area contributed by atoms with Crippen molar-refractivity contribution < 1.29 is 70.9 Å². The van der Waals surface area contributed by atoms with Gasteiger partial charge in [0, 0.05) is 6.04 Å². The second kappa shape index (κ2) is 19.0. The van der Waals surface area contributed by atoms with Crippen LogP contribution in [0.4, 0.5) is 4.79 Å². The summed E-state index contributed by atoms with van der Waals surface area (Å²) in [6.45, 7) is 0. The van der Waals surface area contributed by atoms with E-state index in [1.54, 1.807) is 23.5 Å². The van der Waals surface area contributed by atoms with E-state index in [-0.39, 0.29) is 82.9 Å². The Hall–Kier alpha value is 0.666. The third-order valence-electron chi connectivity index (χ3n) is 2.40. The Bertz CT molecular complexity index is 351. The first kappa shape index (κ1) is 31.4. The molecule has 23 heavy (non-hydrogen) atoms. The molecule has 0 spiro atoms. The largest absolute Gasteiger partial charge is 1.00 e. The number of aliphatic carboxylic acids is 1. The number of carbonyl (C=O) groups excluding carboxylic acids is 3. The van der Waals surface area contributed by atoms with Crippen LogP contribution in [0.3, 0.4) is 0 Å². The molecule has 1 aliphatic rings. The molecule has 1 heterocycles. The molecule has 1 aliphatic heterocycles. The van der Waals surface area contributed by atoms with E-state index < -0.39 is 12.0 Å². The Morgan fingerprint density at radius 2 is 1.83 bits per heavy atom. The summed E-state index contributed by atoms with van der Waals surface area (Å²) in [6, 6.07) is -1.48. The van der Waals surface area contributed by atoms with Crippen LogP contribution in [0.1, 0.15) is 20.3 Å². The molecule has 0 bridgehead atoms. The van der Waals surface area contributed by atoms with Crippen molar-refractivity contribution in [3.05, 3.63) is 0 Å². The molecule has 1 fully saturated rings. The smallest absolute Gasteiger partial charge is 0.548 e. The zero-order valence-electron chi connectivity index (χ0n) is 13.2. The molecule has 2 unspecified atom stereocenters. The van der Waals surface area contributed by atoms with Gasteiger partial charge in [-0.3, -0.25) is 10.1 Å². The van der Waals surface area contributed by atoms with Gasteiger partial charge >= 0.3 is 57.4 Å². The third-order valence-corrected chi connectivity index (χ3v) is 3.69. The molecule has 1 saturated heterocycles. The average Bonchev–Trinajstić information content (AvgIpc) is 2.72. The van der Waals surface area contributed by atoms with Gasteiger partial charge in [0.15, 0.2) is 0 Å². The van der Waals surface area contributed by atoms with Gasteiger partial charge in [0.05, 0.1) is 5.97 Å². The zero-order valence-corrected chi connectivity index (χ0v) is 18.0. The van der Waals surface area contributed by atoms with E-state index in [1.165, 1.54) is 0 Å². The van der Waals surface area contributed by atoms with Crippen LogP contribution in [-0.4, -0.2) is 54.0 Å². The maximum absolute atomic E-state index is 10.9. The van der Waals surface area contributed by atoms with Gasteiger partial charge in [-0.2, -0.15) is 23.5 Å². The van der Waals surface area contributed by atoms with Crippen molar-refractivity contribution in [2.75, 3.05) is 24.0 Å². The standard InChI is InChI=1S/C6H10N2O2S.C5H11NO2S.CH4.K.H3N/c1-11-3-2-4-5(9)8-6(10)7-4;1-9-3-2-4(6)5(7)8;;;/h4H,2-3H2,1H3,(H2,7,8,9,10);4H,2-3,6H2,1H3,(H,7,8);1H4;;1H3/q;;;+1;/p-1. The van der Waals surface area contributed by atoms with Gasteiger partial charge < -0.3 is 27.1 Å². The zero-order chi connectivity index (χ0) is 15.5. The SMILES string of the molecule is C.CSCCC(N)C(=O)[O-].CSCCC1NC(=O)NC1=O.N.[K+]. The number of carbonyl (C=O) groups is 3. The van der Waals surface area contributed by atoms with Crippen LogP contribution in [0, 0.1) is 0 Å². The minimum Gasteiger partial charge on any atom is -0.548 e. The van der Waals surface area contributed by atoms with Gasteiger partial charge in [-0.25, -0.2) is 4.79 Å². The van der Waals surface area contributed by atoms with E-state index in [0.717, 1.165) is 11.5 Å². The van der Waals surface area contributed by atoms with E-state index in [9.17, 15) is 19.5 Å². The number of hydrogen-bond acceptors (Lipinski definition) is 8. The first-order chi connectivity index (χ1) is 9.42. The van der Waals surface area contributed by atoms with Crippen LogP contribution in [0.2, 0.25) is 0 Å². The van der Waals surface area contributed by atoms with Gasteiger partial charge in [-0.1, -0.05) is 7.43 Å². The number of nitrogens with two attached hydrogens (primary N) is 1. The molecule has 0 aromatic carbocycles. The molecule has 11 heteroatoms. The molecule has 8 nitrogen and oxygen atoms in total. The minimum absolute atomic E-state index is 0. The van der Waals surface area contributed by atoms with Crippen molar-refractivity contribution in [2.45, 2.75) is 32.4 Å². The summed E-state index contributed by atoms with van der Waals surface area (Å²) in [5.41, 5.74) is 5.13. The second-order valence-electron chi connectivity index (χ2n) is 4.00. The molecule has 0 aromatic heterocycles. The van der Waals surface area contributed by atoms with E-state index in [0.29, 0.717) is 12.8 Å². The maximum Gasteiger partial charge on any atom is 1.00 e. The Balaban J connectivity index is -0.000000141. The Morgan fingerprint density at radius 1 is 1.30 bits per heavy atom. The van der Waals surface area contributed by atoms with Gasteiger partial charge in [0.1, 0.15) is 6.04 Å². The molecule has 7 N–H and O–H groups in total. The molecule has 3 amide bonds. The molecule has 132 valence electrons. The van der Waals surface area contributed by atoms with Crippen LogP contribution in [0.5, 0.6) is 0 Å². The number of rotatable bonds is 7. The van der Waals surface area contributed by atoms with E-state index in [2.05, 4.69) is 10.6 Å². The second-order valence-corrected chi connectivity index (χ2v) is 5.97. The molecule has 0 saturated carbocycles. The number of urea groups is 1. The first-order valence-corrected chi connectivity index (χ1v) is 8.76. The fourth-order valence-electron chi connectivity index (χ4n) is 1.26. The van der Waals surface area contributed by atoms with E-state index in [1.807, 2.05) is 12.5 Å². The molecular formula is C12H27KN4O4S2. The van der Waals surface area contributed by atoms with Crippen LogP contribution < -0.4 is 79.0 Å². The van der Waals surface area contributed by atoms with Crippen molar-refractivity contribution in [3.63, 3.8) is 0 Å². The topological polar surface area (TPSA) is 159 Å². The molecule has 0 aliphatic carbocycles. The third kappa shape index (κ3) is 15.9. The summed E-state index contributed by atoms with van der Waals surface area (Å²) in [5, 5.41) is 14.7. The Labute approximate surface area is 189 Å². The van der Waals surface area contributed by atoms with Crippen molar-refractivity contribution in [2.24, 2.45) is 5.73 Å². The number of carboxylic acid groups (broad SMARTS) is 1. The van der Waals surface area contributed by atoms with E-state index in [4.69, 9.17) is 5.73 Å². The minimum atomic E-state index is -1.16. The summed E-state index contributed by atoms with van der Waals surface area (Å²) < 4.78 is 0. The number of carboxylic acids is 1. The quantitative estimate of drug-likeness (QED) is 0.256. The molecule has 0 aromatic rings. The van der Waals surface area contributed by atoms with Gasteiger partial charge in [-0.15, -0.1) is 0 Å². The van der Waals surface area contributed by atoms with Crippen LogP contribution in [0.15, 0.2) is 0 Å². The summed E-state index contributed by atoms with van der Waals surface area (Å²) in [4.78, 5) is 31.4. The van der Waals surface area contributed by atoms with Crippen molar-refractivity contribution in [1.29, 1.82) is 0 Å².